The fourth-order valence-electron chi connectivity index (χ4n) is 2.60. The lowest BCUT2D eigenvalue weighted by Crippen LogP contribution is -2.43. The molecule has 1 aromatic rings. The highest BCUT2D eigenvalue weighted by Crippen LogP contribution is 2.51. The zero-order valence-electron chi connectivity index (χ0n) is 14.7. The van der Waals surface area contributed by atoms with Gasteiger partial charge in [-0.3, -0.25) is 15.0 Å². The zero-order valence-corrected chi connectivity index (χ0v) is 18.0. The molecule has 0 bridgehead atoms. The number of alkyl halides is 3. The van der Waals surface area contributed by atoms with E-state index in [-0.39, 0.29) is 21.5 Å². The molecule has 1 saturated heterocycles. The summed E-state index contributed by atoms with van der Waals surface area (Å²) in [5.41, 5.74) is -2.87. The third-order valence-corrected chi connectivity index (χ3v) is 8.00. The molecule has 156 valence electrons. The lowest BCUT2D eigenvalue weighted by molar-refractivity contribution is -0.132. The maximum atomic E-state index is 12.9. The number of nitrogens with one attached hydrogen (secondary N) is 1. The molecule has 2 heterocycles. The lowest BCUT2D eigenvalue weighted by atomic mass is 10.3. The van der Waals surface area contributed by atoms with Crippen molar-refractivity contribution in [2.45, 2.75) is 29.1 Å². The first-order valence-electron chi connectivity index (χ1n) is 7.87. The Bertz CT molecular complexity index is 1070. The van der Waals surface area contributed by atoms with Crippen LogP contribution in [-0.2, 0) is 19.4 Å². The number of hydrazine groups is 1. The number of nitrogens with zero attached hydrogens (tertiary/aromatic N) is 2. The van der Waals surface area contributed by atoms with Gasteiger partial charge in [-0.15, -0.1) is 0 Å². The summed E-state index contributed by atoms with van der Waals surface area (Å²) in [6.45, 7) is 3.18. The highest BCUT2D eigenvalue weighted by Gasteiger charge is 2.47. The van der Waals surface area contributed by atoms with Crippen LogP contribution in [0.3, 0.4) is 0 Å². The number of carbonyl (C=O) groups is 2. The summed E-state index contributed by atoms with van der Waals surface area (Å²) < 4.78 is 62.3. The van der Waals surface area contributed by atoms with E-state index >= 15 is 0 Å². The minimum atomic E-state index is -5.51. The molecule has 0 spiro atoms. The van der Waals surface area contributed by atoms with Crippen LogP contribution in [0.15, 0.2) is 37.9 Å². The number of rotatable bonds is 3. The van der Waals surface area contributed by atoms with Crippen LogP contribution >= 0.6 is 35.7 Å². The maximum absolute atomic E-state index is 12.9. The minimum absolute atomic E-state index is 0.0978. The SMILES string of the molecule is CCN1/C(=C2/SC(=S)N(NC(C)=O)C2=O)Sc2ccc(S(=O)(=O)C(F)(F)F)cc21. The fourth-order valence-corrected chi connectivity index (χ4v) is 5.91. The first kappa shape index (κ1) is 21.9. The Morgan fingerprint density at radius 2 is 1.93 bits per heavy atom. The number of hydrogen-bond acceptors (Lipinski definition) is 8. The molecule has 2 aliphatic heterocycles. The van der Waals surface area contributed by atoms with E-state index in [0.29, 0.717) is 9.92 Å². The molecule has 7 nitrogen and oxygen atoms in total. The molecular weight excluding hydrogens is 471 g/mol. The molecule has 2 amide bonds. The standard InChI is InChI=1S/C15H12F3N3O4S4/c1-3-20-9-6-8(29(24,25)15(16,17)18)4-5-10(9)27-13(20)11-12(23)21(14(26)28-11)19-7(2)22/h4-6H,3H2,1-2H3,(H,19,22)/b13-11-. The van der Waals surface area contributed by atoms with Crippen molar-refractivity contribution < 1.29 is 31.2 Å². The van der Waals surface area contributed by atoms with E-state index in [1.54, 1.807) is 6.92 Å². The van der Waals surface area contributed by atoms with Gasteiger partial charge in [0.05, 0.1) is 10.6 Å². The van der Waals surface area contributed by atoms with Crippen LogP contribution in [0.25, 0.3) is 0 Å². The van der Waals surface area contributed by atoms with E-state index in [4.69, 9.17) is 12.2 Å². The molecule has 0 aliphatic carbocycles. The normalized spacial score (nSPS) is 19.8. The Balaban J connectivity index is 2.05. The van der Waals surface area contributed by atoms with Gasteiger partial charge >= 0.3 is 5.51 Å². The van der Waals surface area contributed by atoms with Crippen molar-refractivity contribution in [1.82, 2.24) is 10.4 Å². The summed E-state index contributed by atoms with van der Waals surface area (Å²) in [6, 6.07) is 3.09. The van der Waals surface area contributed by atoms with Crippen molar-refractivity contribution in [1.29, 1.82) is 0 Å². The number of sulfone groups is 1. The minimum Gasteiger partial charge on any atom is -0.334 e. The number of halogens is 3. The summed E-state index contributed by atoms with van der Waals surface area (Å²) in [5, 5.41) is 1.32. The summed E-state index contributed by atoms with van der Waals surface area (Å²) in [7, 11) is -5.51. The Morgan fingerprint density at radius 1 is 1.28 bits per heavy atom. The molecule has 0 unspecified atom stereocenters. The molecule has 0 radical (unpaired) electrons. The van der Waals surface area contributed by atoms with Crippen LogP contribution in [0.2, 0.25) is 0 Å². The van der Waals surface area contributed by atoms with E-state index in [1.807, 2.05) is 0 Å². The van der Waals surface area contributed by atoms with Crippen molar-refractivity contribution in [2.75, 3.05) is 11.4 Å². The third-order valence-electron chi connectivity index (χ3n) is 3.84. The molecule has 1 aromatic carbocycles. The van der Waals surface area contributed by atoms with Crippen molar-refractivity contribution in [3.05, 3.63) is 28.1 Å². The average Bonchev–Trinajstić information content (AvgIpc) is 3.11. The molecule has 1 N–H and O–H groups in total. The number of carbonyl (C=O) groups excluding carboxylic acids is 2. The Morgan fingerprint density at radius 3 is 2.48 bits per heavy atom. The first-order chi connectivity index (χ1) is 13.4. The van der Waals surface area contributed by atoms with Gasteiger partial charge in [-0.2, -0.15) is 18.2 Å². The molecule has 2 aliphatic rings. The number of thiocarbonyl (C=S) groups is 1. The number of thioether (sulfide) groups is 2. The van der Waals surface area contributed by atoms with Crippen LogP contribution in [-0.4, -0.2) is 41.6 Å². The summed E-state index contributed by atoms with van der Waals surface area (Å²) in [5.74, 6) is -1.07. The number of amides is 2. The highest BCUT2D eigenvalue weighted by atomic mass is 32.2. The largest absolute Gasteiger partial charge is 0.501 e. The van der Waals surface area contributed by atoms with Crippen LogP contribution in [0.4, 0.5) is 18.9 Å². The molecule has 0 aromatic heterocycles. The highest BCUT2D eigenvalue weighted by molar-refractivity contribution is 8.27. The second-order valence-corrected chi connectivity index (χ2v) is 10.4. The van der Waals surface area contributed by atoms with Gasteiger partial charge in [-0.05, 0) is 49.1 Å². The van der Waals surface area contributed by atoms with E-state index in [0.717, 1.165) is 40.7 Å². The maximum Gasteiger partial charge on any atom is 0.501 e. The van der Waals surface area contributed by atoms with E-state index in [1.165, 1.54) is 17.9 Å². The molecule has 0 saturated carbocycles. The second kappa shape index (κ2) is 7.49. The number of hydrogen-bond donors (Lipinski definition) is 1. The van der Waals surface area contributed by atoms with Gasteiger partial charge in [0.2, 0.25) is 5.91 Å². The zero-order chi connectivity index (χ0) is 21.7. The van der Waals surface area contributed by atoms with E-state index in [2.05, 4.69) is 5.43 Å². The summed E-state index contributed by atoms with van der Waals surface area (Å²) in [6.07, 6.45) is 0. The van der Waals surface area contributed by atoms with E-state index < -0.39 is 32.1 Å². The topological polar surface area (TPSA) is 86.8 Å². The average molecular weight is 484 g/mol. The molecule has 1 fully saturated rings. The van der Waals surface area contributed by atoms with E-state index in [9.17, 15) is 31.2 Å². The first-order valence-corrected chi connectivity index (χ1v) is 11.4. The van der Waals surface area contributed by atoms with Crippen molar-refractivity contribution in [3.8, 4) is 0 Å². The van der Waals surface area contributed by atoms with Gasteiger partial charge < -0.3 is 4.90 Å². The summed E-state index contributed by atoms with van der Waals surface area (Å²) >= 11 is 7.15. The smallest absolute Gasteiger partial charge is 0.334 e. The Labute approximate surface area is 177 Å². The summed E-state index contributed by atoms with van der Waals surface area (Å²) in [4.78, 5) is 25.3. The van der Waals surface area contributed by atoms with Gasteiger partial charge in [-0.1, -0.05) is 11.8 Å². The van der Waals surface area contributed by atoms with Crippen LogP contribution < -0.4 is 10.3 Å². The number of anilines is 1. The Hall–Kier alpha value is -1.77. The molecular formula is C15H12F3N3O4S4. The predicted molar refractivity (Wildman–Crippen MR) is 106 cm³/mol. The van der Waals surface area contributed by atoms with Gasteiger partial charge in [0.15, 0.2) is 4.32 Å². The molecule has 29 heavy (non-hydrogen) atoms. The van der Waals surface area contributed by atoms with Gasteiger partial charge in [0.25, 0.3) is 15.7 Å². The van der Waals surface area contributed by atoms with Crippen molar-refractivity contribution >= 4 is 67.4 Å². The number of fused-ring (bicyclic) bond motifs is 1. The van der Waals surface area contributed by atoms with Crippen molar-refractivity contribution in [3.63, 3.8) is 0 Å². The fraction of sp³-hybridized carbons (Fsp3) is 0.267. The van der Waals surface area contributed by atoms with Crippen LogP contribution in [0.1, 0.15) is 13.8 Å². The van der Waals surface area contributed by atoms with Crippen molar-refractivity contribution in [2.24, 2.45) is 0 Å². The van der Waals surface area contributed by atoms with Crippen LogP contribution in [0.5, 0.6) is 0 Å². The Kier molecular flexibility index (Phi) is 5.66. The monoisotopic (exact) mass is 483 g/mol. The predicted octanol–water partition coefficient (Wildman–Crippen LogP) is 2.99. The molecule has 0 atom stereocenters. The number of benzene rings is 1. The van der Waals surface area contributed by atoms with Gasteiger partial charge in [0, 0.05) is 18.4 Å². The third kappa shape index (κ3) is 3.73. The molecule has 3 rings (SSSR count). The molecule has 14 heteroatoms. The lowest BCUT2D eigenvalue weighted by Gasteiger charge is -2.20. The van der Waals surface area contributed by atoms with Crippen LogP contribution in [0, 0.1) is 0 Å². The van der Waals surface area contributed by atoms with Gasteiger partial charge in [0.1, 0.15) is 9.93 Å². The van der Waals surface area contributed by atoms with Gasteiger partial charge in [-0.25, -0.2) is 8.42 Å². The quantitative estimate of drug-likeness (QED) is 0.519. The second-order valence-electron chi connectivity index (χ2n) is 5.74.